The molecule has 0 radical (unpaired) electrons. The van der Waals surface area contributed by atoms with Crippen molar-refractivity contribution in [3.05, 3.63) is 116 Å². The molecule has 0 bridgehead atoms. The number of esters is 1. The third-order valence-corrected chi connectivity index (χ3v) is 8.36. The van der Waals surface area contributed by atoms with Gasteiger partial charge in [-0.25, -0.2) is 9.79 Å². The van der Waals surface area contributed by atoms with Crippen LogP contribution >= 0.6 is 23.2 Å². The van der Waals surface area contributed by atoms with Gasteiger partial charge in [-0.3, -0.25) is 18.7 Å². The van der Waals surface area contributed by atoms with Gasteiger partial charge in [0.25, 0.3) is 5.56 Å². The van der Waals surface area contributed by atoms with E-state index in [4.69, 9.17) is 27.9 Å². The smallest absolute Gasteiger partial charge is 0.330 e. The lowest BCUT2D eigenvalue weighted by Gasteiger charge is -2.24. The number of nitrogens with zero attached hydrogens (tertiary/aromatic N) is 5. The Morgan fingerprint density at radius 2 is 1.63 bits per heavy atom. The van der Waals surface area contributed by atoms with Gasteiger partial charge in [0.2, 0.25) is 0 Å². The standard InChI is InChI=1S/C20H15Cl2N3O3.C14H12N2O2/c1-23-15-10-25(14-9-11(21)7-8-16(14)26)18(12-5-3-4-6-13(12)22)17(15)19(27)24(2)20(23)28;1-18-13(17)8-16-9-15-11-6-2-4-10-5-3-7-12(16)14(10)11/h3-10,26H,1-2H3;2-7,9H,8H2,1H3. The second-order valence-corrected chi connectivity index (χ2v) is 11.4. The fourth-order valence-electron chi connectivity index (χ4n) is 5.51. The van der Waals surface area contributed by atoms with Crippen LogP contribution in [0.15, 0.2) is 99.6 Å². The molecule has 0 spiro atoms. The van der Waals surface area contributed by atoms with Gasteiger partial charge in [-0.1, -0.05) is 65.7 Å². The molecule has 3 heterocycles. The first-order valence-electron chi connectivity index (χ1n) is 14.0. The number of halogens is 2. The zero-order chi connectivity index (χ0) is 32.7. The van der Waals surface area contributed by atoms with Crippen molar-refractivity contribution < 1.29 is 14.6 Å². The molecule has 1 N–H and O–H groups in total. The van der Waals surface area contributed by atoms with Crippen LogP contribution in [0.3, 0.4) is 0 Å². The van der Waals surface area contributed by atoms with E-state index in [9.17, 15) is 19.5 Å². The van der Waals surface area contributed by atoms with Gasteiger partial charge < -0.3 is 19.3 Å². The highest BCUT2D eigenvalue weighted by Gasteiger charge is 2.23. The SMILES string of the molecule is COC(=O)CN1C=Nc2cccc3cccc1c23.Cn1c(=O)c2c(-c3ccccc3Cl)n(-c3cc(Cl)ccc3O)cc2n(C)c1=O. The van der Waals surface area contributed by atoms with Crippen LogP contribution in [0.5, 0.6) is 5.75 Å². The van der Waals surface area contributed by atoms with Crippen LogP contribution in [0.2, 0.25) is 10.0 Å². The van der Waals surface area contributed by atoms with Crippen LogP contribution in [0.25, 0.3) is 38.6 Å². The molecule has 7 rings (SSSR count). The highest BCUT2D eigenvalue weighted by Crippen LogP contribution is 2.38. The number of ether oxygens (including phenoxy) is 1. The van der Waals surface area contributed by atoms with Crippen molar-refractivity contribution in [2.75, 3.05) is 18.6 Å². The van der Waals surface area contributed by atoms with Crippen molar-refractivity contribution >= 4 is 68.6 Å². The predicted molar refractivity (Wildman–Crippen MR) is 182 cm³/mol. The fraction of sp³-hybridized carbons (Fsp3) is 0.118. The Morgan fingerprint density at radius 1 is 0.891 bits per heavy atom. The quantitative estimate of drug-likeness (QED) is 0.226. The first kappa shape index (κ1) is 30.7. The summed E-state index contributed by atoms with van der Waals surface area (Å²) in [7, 11) is 4.40. The fourth-order valence-corrected chi connectivity index (χ4v) is 5.90. The van der Waals surface area contributed by atoms with Crippen molar-refractivity contribution in [3.63, 3.8) is 0 Å². The number of aromatic hydroxyl groups is 1. The molecule has 0 fully saturated rings. The van der Waals surface area contributed by atoms with Crippen molar-refractivity contribution in [2.24, 2.45) is 19.1 Å². The molecule has 232 valence electrons. The average Bonchev–Trinajstić information content (AvgIpc) is 3.46. The average molecular weight is 657 g/mol. The molecule has 0 saturated heterocycles. The van der Waals surface area contributed by atoms with Gasteiger partial charge in [0.1, 0.15) is 12.3 Å². The third-order valence-electron chi connectivity index (χ3n) is 7.80. The Balaban J connectivity index is 0.000000178. The van der Waals surface area contributed by atoms with Crippen LogP contribution in [-0.4, -0.2) is 44.8 Å². The number of methoxy groups -OCH3 is 1. The van der Waals surface area contributed by atoms with Crippen LogP contribution in [0, 0.1) is 0 Å². The number of fused-ring (bicyclic) bond motifs is 1. The Kier molecular flexibility index (Phi) is 8.16. The van der Waals surface area contributed by atoms with E-state index in [1.165, 1.54) is 24.8 Å². The number of phenolic OH excluding ortho intramolecular Hbond substituents is 1. The maximum atomic E-state index is 13.0. The summed E-state index contributed by atoms with van der Waals surface area (Å²) in [5.74, 6) is -0.308. The maximum absolute atomic E-state index is 13.0. The molecule has 0 atom stereocenters. The first-order chi connectivity index (χ1) is 22.1. The Morgan fingerprint density at radius 3 is 2.37 bits per heavy atom. The zero-order valence-corrected chi connectivity index (χ0v) is 26.5. The van der Waals surface area contributed by atoms with Gasteiger partial charge in [-0.2, -0.15) is 0 Å². The second kappa shape index (κ2) is 12.2. The topological polar surface area (TPSA) is 111 Å². The van der Waals surface area contributed by atoms with Crippen LogP contribution in [0.1, 0.15) is 0 Å². The van der Waals surface area contributed by atoms with Gasteiger partial charge in [-0.05, 0) is 41.8 Å². The number of carbonyl (C=O) groups is 1. The molecule has 4 aromatic carbocycles. The minimum atomic E-state index is -0.451. The molecule has 46 heavy (non-hydrogen) atoms. The van der Waals surface area contributed by atoms with E-state index in [1.54, 1.807) is 65.4 Å². The van der Waals surface area contributed by atoms with E-state index >= 15 is 0 Å². The van der Waals surface area contributed by atoms with E-state index in [-0.39, 0.29) is 18.3 Å². The Hall–Kier alpha value is -5.32. The molecule has 12 heteroatoms. The van der Waals surface area contributed by atoms with E-state index in [1.807, 2.05) is 36.4 Å². The summed E-state index contributed by atoms with van der Waals surface area (Å²) in [4.78, 5) is 43.0. The van der Waals surface area contributed by atoms with Crippen LogP contribution in [-0.2, 0) is 23.6 Å². The van der Waals surface area contributed by atoms with Gasteiger partial charge >= 0.3 is 11.7 Å². The second-order valence-electron chi connectivity index (χ2n) is 10.5. The summed E-state index contributed by atoms with van der Waals surface area (Å²) in [5.41, 5.74) is 2.87. The lowest BCUT2D eigenvalue weighted by atomic mass is 10.1. The molecule has 0 aliphatic carbocycles. The molecule has 0 amide bonds. The number of aryl methyl sites for hydroxylation is 1. The molecular weight excluding hydrogens is 629 g/mol. The van der Waals surface area contributed by atoms with E-state index in [2.05, 4.69) is 4.99 Å². The molecule has 0 unspecified atom stereocenters. The molecule has 6 aromatic rings. The predicted octanol–water partition coefficient (Wildman–Crippen LogP) is 6.20. The Bertz CT molecular complexity index is 2320. The molecule has 1 aliphatic rings. The molecule has 2 aromatic heterocycles. The minimum Gasteiger partial charge on any atom is -0.506 e. The summed E-state index contributed by atoms with van der Waals surface area (Å²) in [6.07, 6.45) is 3.30. The minimum absolute atomic E-state index is 0.0279. The van der Waals surface area contributed by atoms with Crippen molar-refractivity contribution in [3.8, 4) is 22.7 Å². The summed E-state index contributed by atoms with van der Waals surface area (Å²) in [6.45, 7) is 0.174. The number of hydrogen-bond acceptors (Lipinski definition) is 7. The maximum Gasteiger partial charge on any atom is 0.330 e. The van der Waals surface area contributed by atoms with Crippen LogP contribution in [0.4, 0.5) is 11.4 Å². The van der Waals surface area contributed by atoms with Crippen molar-refractivity contribution in [1.29, 1.82) is 0 Å². The number of carbonyl (C=O) groups excluding carboxylic acids is 1. The normalized spacial score (nSPS) is 11.9. The highest BCUT2D eigenvalue weighted by atomic mass is 35.5. The third kappa shape index (κ3) is 5.31. The van der Waals surface area contributed by atoms with Gasteiger partial charge in [0, 0.05) is 41.3 Å². The number of hydrogen-bond donors (Lipinski definition) is 1. The number of phenols is 1. The van der Waals surface area contributed by atoms with Gasteiger partial charge in [-0.15, -0.1) is 0 Å². The summed E-state index contributed by atoms with van der Waals surface area (Å²) in [5, 5.41) is 13.8. The number of aromatic nitrogens is 3. The zero-order valence-electron chi connectivity index (χ0n) is 24.9. The number of rotatable bonds is 4. The van der Waals surface area contributed by atoms with Gasteiger partial charge in [0.15, 0.2) is 0 Å². The van der Waals surface area contributed by atoms with Crippen LogP contribution < -0.4 is 16.1 Å². The molecule has 10 nitrogen and oxygen atoms in total. The number of benzene rings is 4. The summed E-state index contributed by atoms with van der Waals surface area (Å²) >= 11 is 12.6. The molecule has 0 saturated carbocycles. The van der Waals surface area contributed by atoms with Crippen molar-refractivity contribution in [1.82, 2.24) is 13.7 Å². The Labute approximate surface area is 272 Å². The number of anilines is 1. The largest absolute Gasteiger partial charge is 0.506 e. The summed E-state index contributed by atoms with van der Waals surface area (Å²) < 4.78 is 8.76. The molecular formula is C34H27Cl2N5O5. The van der Waals surface area contributed by atoms with Gasteiger partial charge in [0.05, 0.1) is 47.1 Å². The van der Waals surface area contributed by atoms with E-state index < -0.39 is 11.2 Å². The van der Waals surface area contributed by atoms with E-state index in [0.29, 0.717) is 37.9 Å². The lowest BCUT2D eigenvalue weighted by molar-refractivity contribution is -0.138. The number of aliphatic imine (C=N–C) groups is 1. The monoisotopic (exact) mass is 655 g/mol. The van der Waals surface area contributed by atoms with Crippen molar-refractivity contribution in [2.45, 2.75) is 0 Å². The highest BCUT2D eigenvalue weighted by molar-refractivity contribution is 6.33. The van der Waals surface area contributed by atoms with E-state index in [0.717, 1.165) is 26.7 Å². The first-order valence-corrected chi connectivity index (χ1v) is 14.8. The lowest BCUT2D eigenvalue weighted by Crippen LogP contribution is -2.36. The molecule has 1 aliphatic heterocycles. The summed E-state index contributed by atoms with van der Waals surface area (Å²) in [6, 6.07) is 23.7.